The van der Waals surface area contributed by atoms with Gasteiger partial charge in [-0.2, -0.15) is 0 Å². The van der Waals surface area contributed by atoms with Crippen molar-refractivity contribution in [2.45, 2.75) is 0 Å². The summed E-state index contributed by atoms with van der Waals surface area (Å²) in [5.74, 6) is -1.12. The van der Waals surface area contributed by atoms with Crippen molar-refractivity contribution in [2.24, 2.45) is 0 Å². The van der Waals surface area contributed by atoms with Crippen molar-refractivity contribution < 1.29 is 14.7 Å². The van der Waals surface area contributed by atoms with Crippen LogP contribution in [0.2, 0.25) is 0 Å². The molecule has 0 heterocycles. The molecule has 0 bridgehead atoms. The summed E-state index contributed by atoms with van der Waals surface area (Å²) in [6.07, 6.45) is 0. The summed E-state index contributed by atoms with van der Waals surface area (Å²) in [5, 5.41) is 14.3. The summed E-state index contributed by atoms with van der Waals surface area (Å²) in [4.78, 5) is 23.1. The van der Waals surface area contributed by atoms with Crippen LogP contribution in [0.15, 0.2) is 51.4 Å². The van der Waals surface area contributed by atoms with Crippen LogP contribution in [0, 0.1) is 0 Å². The maximum absolute atomic E-state index is 11.9. The first-order chi connectivity index (χ1) is 9.95. The number of amides is 2. The first kappa shape index (κ1) is 15.5. The number of benzene rings is 2. The third-order valence-corrected chi connectivity index (χ3v) is 3.53. The van der Waals surface area contributed by atoms with Gasteiger partial charge in [0.15, 0.2) is 0 Å². The number of nitrogens with one attached hydrogen (secondary N) is 2. The molecule has 0 aliphatic carbocycles. The minimum absolute atomic E-state index is 0.00812. The Kier molecular flexibility index (Phi) is 4.98. The molecule has 0 saturated carbocycles. The Balaban J connectivity index is 2.15. The number of carbonyl (C=O) groups is 2. The zero-order chi connectivity index (χ0) is 15.4. The lowest BCUT2D eigenvalue weighted by Gasteiger charge is -2.10. The molecular weight excluding hydrogens is 404 g/mol. The fourth-order valence-corrected chi connectivity index (χ4v) is 2.41. The Morgan fingerprint density at radius 2 is 1.67 bits per heavy atom. The second-order valence-electron chi connectivity index (χ2n) is 4.08. The van der Waals surface area contributed by atoms with E-state index in [0.29, 0.717) is 10.2 Å². The molecule has 2 aromatic carbocycles. The summed E-state index contributed by atoms with van der Waals surface area (Å²) < 4.78 is 1.45. The van der Waals surface area contributed by atoms with Crippen molar-refractivity contribution in [2.75, 3.05) is 10.6 Å². The van der Waals surface area contributed by atoms with E-state index in [2.05, 4.69) is 42.5 Å². The van der Waals surface area contributed by atoms with Crippen LogP contribution in [0.3, 0.4) is 0 Å². The van der Waals surface area contributed by atoms with E-state index in [4.69, 9.17) is 5.11 Å². The van der Waals surface area contributed by atoms with E-state index in [9.17, 15) is 9.59 Å². The van der Waals surface area contributed by atoms with E-state index in [-0.39, 0.29) is 11.3 Å². The molecule has 0 unspecified atom stereocenters. The number of urea groups is 1. The van der Waals surface area contributed by atoms with Gasteiger partial charge < -0.3 is 15.7 Å². The summed E-state index contributed by atoms with van der Waals surface area (Å²) in [6.45, 7) is 0. The Hall–Kier alpha value is -1.86. The van der Waals surface area contributed by atoms with E-state index in [1.807, 2.05) is 6.07 Å². The van der Waals surface area contributed by atoms with E-state index in [0.717, 1.165) is 4.47 Å². The van der Waals surface area contributed by atoms with E-state index in [1.165, 1.54) is 12.1 Å². The highest BCUT2D eigenvalue weighted by atomic mass is 79.9. The molecule has 2 aromatic rings. The lowest BCUT2D eigenvalue weighted by molar-refractivity contribution is 0.0698. The van der Waals surface area contributed by atoms with Crippen molar-refractivity contribution >= 4 is 55.2 Å². The number of carboxylic acid groups (broad SMARTS) is 1. The molecule has 2 amide bonds. The predicted octanol–water partition coefficient (Wildman–Crippen LogP) is 4.55. The molecule has 7 heteroatoms. The number of hydrogen-bond donors (Lipinski definition) is 3. The van der Waals surface area contributed by atoms with Gasteiger partial charge in [-0.25, -0.2) is 9.59 Å². The zero-order valence-corrected chi connectivity index (χ0v) is 13.7. The fraction of sp³-hybridized carbons (Fsp3) is 0. The highest BCUT2D eigenvalue weighted by Crippen LogP contribution is 2.22. The summed E-state index contributed by atoms with van der Waals surface area (Å²) in [6, 6.07) is 11.2. The Morgan fingerprint density at radius 3 is 2.33 bits per heavy atom. The molecule has 0 radical (unpaired) electrons. The van der Waals surface area contributed by atoms with Gasteiger partial charge in [0.05, 0.1) is 11.3 Å². The fourth-order valence-electron chi connectivity index (χ4n) is 1.65. The van der Waals surface area contributed by atoms with Crippen molar-refractivity contribution in [3.05, 3.63) is 57.0 Å². The lowest BCUT2D eigenvalue weighted by Crippen LogP contribution is -2.21. The molecule has 108 valence electrons. The van der Waals surface area contributed by atoms with Gasteiger partial charge in [0, 0.05) is 14.6 Å². The highest BCUT2D eigenvalue weighted by molar-refractivity contribution is 9.10. The van der Waals surface area contributed by atoms with E-state index >= 15 is 0 Å². The molecule has 2 rings (SSSR count). The molecular formula is C14H10Br2N2O3. The molecule has 5 nitrogen and oxygen atoms in total. The van der Waals surface area contributed by atoms with Crippen LogP contribution in [0.1, 0.15) is 10.4 Å². The van der Waals surface area contributed by atoms with E-state index in [1.54, 1.807) is 24.3 Å². The largest absolute Gasteiger partial charge is 0.478 e. The molecule has 3 N–H and O–H groups in total. The normalized spacial score (nSPS) is 10.0. The zero-order valence-electron chi connectivity index (χ0n) is 10.6. The third-order valence-electron chi connectivity index (χ3n) is 2.54. The SMILES string of the molecule is O=C(Nc1cccc(Br)c1)Nc1ccc(Br)cc1C(=O)O. The summed E-state index contributed by atoms with van der Waals surface area (Å²) in [7, 11) is 0. The van der Waals surface area contributed by atoms with Crippen molar-refractivity contribution in [3.8, 4) is 0 Å². The predicted molar refractivity (Wildman–Crippen MR) is 87.9 cm³/mol. The van der Waals surface area contributed by atoms with Crippen LogP contribution in [0.5, 0.6) is 0 Å². The van der Waals surface area contributed by atoms with Crippen LogP contribution in [-0.2, 0) is 0 Å². The number of aromatic carboxylic acids is 1. The van der Waals surface area contributed by atoms with Gasteiger partial charge in [0.25, 0.3) is 0 Å². The number of hydrogen-bond acceptors (Lipinski definition) is 2. The topological polar surface area (TPSA) is 78.4 Å². The first-order valence-corrected chi connectivity index (χ1v) is 7.41. The van der Waals surface area contributed by atoms with Crippen LogP contribution >= 0.6 is 31.9 Å². The summed E-state index contributed by atoms with van der Waals surface area (Å²) in [5.41, 5.74) is 0.822. The molecule has 0 aliphatic heterocycles. The van der Waals surface area contributed by atoms with E-state index < -0.39 is 12.0 Å². The smallest absolute Gasteiger partial charge is 0.337 e. The van der Waals surface area contributed by atoms with Gasteiger partial charge in [0.1, 0.15) is 0 Å². The Morgan fingerprint density at radius 1 is 0.952 bits per heavy atom. The Labute approximate surface area is 137 Å². The van der Waals surface area contributed by atoms with Gasteiger partial charge in [-0.15, -0.1) is 0 Å². The van der Waals surface area contributed by atoms with Crippen LogP contribution < -0.4 is 10.6 Å². The second kappa shape index (κ2) is 6.73. The maximum atomic E-state index is 11.9. The van der Waals surface area contributed by atoms with Crippen molar-refractivity contribution in [1.82, 2.24) is 0 Å². The standard InChI is InChI=1S/C14H10Br2N2O3/c15-8-2-1-3-10(6-8)17-14(21)18-12-5-4-9(16)7-11(12)13(19)20/h1-7H,(H,19,20)(H2,17,18,21). The highest BCUT2D eigenvalue weighted by Gasteiger charge is 2.13. The third kappa shape index (κ3) is 4.30. The van der Waals surface area contributed by atoms with Gasteiger partial charge in [-0.05, 0) is 36.4 Å². The molecule has 0 saturated heterocycles. The lowest BCUT2D eigenvalue weighted by atomic mass is 10.2. The second-order valence-corrected chi connectivity index (χ2v) is 5.92. The Bertz CT molecular complexity index is 704. The molecule has 0 aromatic heterocycles. The van der Waals surface area contributed by atoms with Gasteiger partial charge in [-0.1, -0.05) is 37.9 Å². The van der Waals surface area contributed by atoms with Gasteiger partial charge >= 0.3 is 12.0 Å². The van der Waals surface area contributed by atoms with Crippen LogP contribution in [-0.4, -0.2) is 17.1 Å². The number of rotatable bonds is 3. The average molecular weight is 414 g/mol. The molecule has 0 fully saturated rings. The summed E-state index contributed by atoms with van der Waals surface area (Å²) >= 11 is 6.50. The van der Waals surface area contributed by atoms with Gasteiger partial charge in [-0.3, -0.25) is 0 Å². The number of carbonyl (C=O) groups excluding carboxylic acids is 1. The molecule has 0 spiro atoms. The van der Waals surface area contributed by atoms with Crippen molar-refractivity contribution in [3.63, 3.8) is 0 Å². The minimum atomic E-state index is -1.12. The number of halogens is 2. The molecule has 0 atom stereocenters. The van der Waals surface area contributed by atoms with Crippen LogP contribution in [0.4, 0.5) is 16.2 Å². The molecule has 21 heavy (non-hydrogen) atoms. The maximum Gasteiger partial charge on any atom is 0.337 e. The van der Waals surface area contributed by atoms with Gasteiger partial charge in [0.2, 0.25) is 0 Å². The molecule has 0 aliphatic rings. The van der Waals surface area contributed by atoms with Crippen LogP contribution in [0.25, 0.3) is 0 Å². The quantitative estimate of drug-likeness (QED) is 0.690. The number of anilines is 2. The minimum Gasteiger partial charge on any atom is -0.478 e. The first-order valence-electron chi connectivity index (χ1n) is 5.82. The number of carboxylic acids is 1. The average Bonchev–Trinajstić information content (AvgIpc) is 2.40. The monoisotopic (exact) mass is 412 g/mol. The van der Waals surface area contributed by atoms with Crippen molar-refractivity contribution in [1.29, 1.82) is 0 Å².